The standard InChI is InChI=1S/C25H29N5O/c1-17-26-12-7-13-30-23(15-27-17)24(28-25(30)18-8-5-4-6-9-18)21-16-29(2)22-11-10-19(31-3)14-20(21)22/h7,10-12,14-16,18H,4-6,8-9,13H2,1-3H3. The number of fused-ring (bicyclic) bond motifs is 2. The molecule has 3 aromatic rings. The summed E-state index contributed by atoms with van der Waals surface area (Å²) in [6.07, 6.45) is 14.4. The Hall–Kier alpha value is -3.15. The van der Waals surface area contributed by atoms with Crippen LogP contribution in [0.15, 0.2) is 46.7 Å². The molecule has 0 spiro atoms. The minimum atomic E-state index is 0.496. The van der Waals surface area contributed by atoms with Crippen LogP contribution in [-0.4, -0.2) is 33.3 Å². The third-order valence-electron chi connectivity index (χ3n) is 6.49. The molecule has 5 rings (SSSR count). The lowest BCUT2D eigenvalue weighted by molar-refractivity contribution is 0.415. The van der Waals surface area contributed by atoms with Crippen LogP contribution >= 0.6 is 0 Å². The Morgan fingerprint density at radius 3 is 2.77 bits per heavy atom. The third kappa shape index (κ3) is 3.60. The second-order valence-corrected chi connectivity index (χ2v) is 8.51. The van der Waals surface area contributed by atoms with E-state index in [-0.39, 0.29) is 0 Å². The van der Waals surface area contributed by atoms with Crippen LogP contribution in [0, 0.1) is 0 Å². The van der Waals surface area contributed by atoms with E-state index >= 15 is 0 Å². The summed E-state index contributed by atoms with van der Waals surface area (Å²) in [7, 11) is 3.79. The first-order valence-electron chi connectivity index (χ1n) is 11.1. The van der Waals surface area contributed by atoms with Gasteiger partial charge in [0.05, 0.1) is 24.7 Å². The second-order valence-electron chi connectivity index (χ2n) is 8.51. The van der Waals surface area contributed by atoms with Gasteiger partial charge in [-0.1, -0.05) is 19.3 Å². The molecule has 31 heavy (non-hydrogen) atoms. The number of hydrogen-bond acceptors (Lipinski definition) is 4. The summed E-state index contributed by atoms with van der Waals surface area (Å²) in [4.78, 5) is 14.3. The molecule has 0 radical (unpaired) electrons. The number of methoxy groups -OCH3 is 1. The summed E-state index contributed by atoms with van der Waals surface area (Å²) < 4.78 is 10.0. The molecule has 0 saturated heterocycles. The molecule has 1 aliphatic heterocycles. The van der Waals surface area contributed by atoms with Gasteiger partial charge in [-0.15, -0.1) is 0 Å². The molecule has 1 fully saturated rings. The summed E-state index contributed by atoms with van der Waals surface area (Å²) in [6, 6.07) is 6.22. The second kappa shape index (κ2) is 8.17. The average Bonchev–Trinajstić information content (AvgIpc) is 3.34. The van der Waals surface area contributed by atoms with Crippen molar-refractivity contribution in [3.8, 4) is 17.0 Å². The van der Waals surface area contributed by atoms with Crippen LogP contribution in [-0.2, 0) is 13.6 Å². The van der Waals surface area contributed by atoms with Gasteiger partial charge in [-0.2, -0.15) is 0 Å². The van der Waals surface area contributed by atoms with Crippen LogP contribution in [0.3, 0.4) is 0 Å². The number of benzene rings is 1. The molecule has 2 aliphatic rings. The first kappa shape index (κ1) is 19.8. The average molecular weight is 416 g/mol. The number of aromatic nitrogens is 3. The highest BCUT2D eigenvalue weighted by molar-refractivity contribution is 6.02. The van der Waals surface area contributed by atoms with Crippen molar-refractivity contribution in [2.75, 3.05) is 7.11 Å². The molecule has 1 saturated carbocycles. The van der Waals surface area contributed by atoms with E-state index < -0.39 is 0 Å². The van der Waals surface area contributed by atoms with Gasteiger partial charge in [-0.05, 0) is 44.0 Å². The number of imidazole rings is 1. The fourth-order valence-corrected chi connectivity index (χ4v) is 4.86. The number of aryl methyl sites for hydroxylation is 1. The fourth-order valence-electron chi connectivity index (χ4n) is 4.86. The fraction of sp³-hybridized carbons (Fsp3) is 0.400. The molecule has 0 unspecified atom stereocenters. The first-order valence-corrected chi connectivity index (χ1v) is 11.1. The van der Waals surface area contributed by atoms with E-state index in [9.17, 15) is 0 Å². The zero-order chi connectivity index (χ0) is 21.4. The molecule has 6 nitrogen and oxygen atoms in total. The Labute approximate surface area is 183 Å². The Morgan fingerprint density at radius 2 is 1.97 bits per heavy atom. The van der Waals surface area contributed by atoms with E-state index in [0.717, 1.165) is 46.0 Å². The Balaban J connectivity index is 1.75. The monoisotopic (exact) mass is 415 g/mol. The van der Waals surface area contributed by atoms with Gasteiger partial charge in [0.15, 0.2) is 0 Å². The van der Waals surface area contributed by atoms with Crippen molar-refractivity contribution >= 4 is 23.0 Å². The Kier molecular flexibility index (Phi) is 5.22. The molecule has 0 amide bonds. The molecule has 2 aromatic heterocycles. The summed E-state index contributed by atoms with van der Waals surface area (Å²) in [5, 5.41) is 1.15. The van der Waals surface area contributed by atoms with Gasteiger partial charge in [0.1, 0.15) is 17.4 Å². The van der Waals surface area contributed by atoms with Crippen molar-refractivity contribution in [1.82, 2.24) is 14.1 Å². The van der Waals surface area contributed by atoms with E-state index in [2.05, 4.69) is 50.6 Å². The van der Waals surface area contributed by atoms with Gasteiger partial charge in [0.2, 0.25) is 0 Å². The van der Waals surface area contributed by atoms with E-state index in [4.69, 9.17) is 9.72 Å². The van der Waals surface area contributed by atoms with Crippen molar-refractivity contribution in [1.29, 1.82) is 0 Å². The van der Waals surface area contributed by atoms with E-state index in [1.807, 2.05) is 25.4 Å². The van der Waals surface area contributed by atoms with Gasteiger partial charge in [-0.25, -0.2) is 15.0 Å². The van der Waals surface area contributed by atoms with Crippen molar-refractivity contribution in [3.63, 3.8) is 0 Å². The molecule has 1 aromatic carbocycles. The molecule has 0 bridgehead atoms. The lowest BCUT2D eigenvalue weighted by atomic mass is 9.88. The van der Waals surface area contributed by atoms with Gasteiger partial charge in [0.25, 0.3) is 0 Å². The number of rotatable bonds is 3. The molecule has 1 aliphatic carbocycles. The molecule has 0 N–H and O–H groups in total. The number of allylic oxidation sites excluding steroid dienone is 1. The topological polar surface area (TPSA) is 56.7 Å². The van der Waals surface area contributed by atoms with E-state index in [1.165, 1.54) is 37.9 Å². The van der Waals surface area contributed by atoms with Gasteiger partial charge in [0, 0.05) is 48.4 Å². The molecule has 6 heteroatoms. The normalized spacial score (nSPS) is 17.2. The van der Waals surface area contributed by atoms with E-state index in [1.54, 1.807) is 7.11 Å². The maximum atomic E-state index is 5.52. The van der Waals surface area contributed by atoms with Crippen molar-refractivity contribution in [2.24, 2.45) is 17.0 Å². The highest BCUT2D eigenvalue weighted by atomic mass is 16.5. The zero-order valence-corrected chi connectivity index (χ0v) is 18.5. The summed E-state index contributed by atoms with van der Waals surface area (Å²) in [5.74, 6) is 3.28. The molecule has 0 atom stereocenters. The number of amidine groups is 1. The van der Waals surface area contributed by atoms with Crippen molar-refractivity contribution in [3.05, 3.63) is 48.2 Å². The summed E-state index contributed by atoms with van der Waals surface area (Å²) in [6.45, 7) is 2.68. The molecular weight excluding hydrogens is 386 g/mol. The molecule has 3 heterocycles. The van der Waals surface area contributed by atoms with Crippen molar-refractivity contribution < 1.29 is 4.74 Å². The van der Waals surface area contributed by atoms with E-state index in [0.29, 0.717) is 5.92 Å². The molecular formula is C25H29N5O. The quantitative estimate of drug-likeness (QED) is 0.570. The number of hydrogen-bond donors (Lipinski definition) is 0. The minimum Gasteiger partial charge on any atom is -0.497 e. The molecule has 160 valence electrons. The zero-order valence-electron chi connectivity index (χ0n) is 18.5. The predicted molar refractivity (Wildman–Crippen MR) is 126 cm³/mol. The van der Waals surface area contributed by atoms with Gasteiger partial charge in [-0.3, -0.25) is 0 Å². The highest BCUT2D eigenvalue weighted by Crippen LogP contribution is 2.38. The lowest BCUT2D eigenvalue weighted by Gasteiger charge is -2.22. The van der Waals surface area contributed by atoms with Crippen molar-refractivity contribution in [2.45, 2.75) is 51.5 Å². The van der Waals surface area contributed by atoms with Crippen LogP contribution < -0.4 is 4.74 Å². The number of aliphatic imine (C=N–C) groups is 2. The summed E-state index contributed by atoms with van der Waals surface area (Å²) in [5.41, 5.74) is 4.32. The van der Waals surface area contributed by atoms with Crippen LogP contribution in [0.25, 0.3) is 22.2 Å². The minimum absolute atomic E-state index is 0.496. The largest absolute Gasteiger partial charge is 0.497 e. The van der Waals surface area contributed by atoms with Gasteiger partial charge >= 0.3 is 0 Å². The lowest BCUT2D eigenvalue weighted by Crippen LogP contribution is -2.13. The van der Waals surface area contributed by atoms with Crippen LogP contribution in [0.5, 0.6) is 5.75 Å². The Morgan fingerprint density at radius 1 is 1.13 bits per heavy atom. The number of nitrogens with zero attached hydrogens (tertiary/aromatic N) is 5. The SMILES string of the molecule is COc1ccc2c(c1)c(-c1nc(C3CCCCC3)n3c1C=NC(C)=NC=CC3)cn2C. The number of ether oxygens (including phenoxy) is 1. The maximum absolute atomic E-state index is 5.52. The third-order valence-corrected chi connectivity index (χ3v) is 6.49. The summed E-state index contributed by atoms with van der Waals surface area (Å²) >= 11 is 0. The van der Waals surface area contributed by atoms with Crippen LogP contribution in [0.4, 0.5) is 0 Å². The van der Waals surface area contributed by atoms with Crippen LogP contribution in [0.1, 0.15) is 56.5 Å². The first-order chi connectivity index (χ1) is 15.2. The smallest absolute Gasteiger partial charge is 0.125 e. The predicted octanol–water partition coefficient (Wildman–Crippen LogP) is 5.46. The highest BCUT2D eigenvalue weighted by Gasteiger charge is 2.26. The van der Waals surface area contributed by atoms with Crippen LogP contribution in [0.2, 0.25) is 0 Å². The van der Waals surface area contributed by atoms with Gasteiger partial charge < -0.3 is 13.9 Å². The Bertz CT molecular complexity index is 1200. The maximum Gasteiger partial charge on any atom is 0.125 e.